The molecule has 34 heavy (non-hydrogen) atoms. The van der Waals surface area contributed by atoms with Crippen LogP contribution >= 0.6 is 0 Å². The molecule has 0 radical (unpaired) electrons. The van der Waals surface area contributed by atoms with Crippen molar-refractivity contribution in [2.45, 2.75) is 10.3 Å². The summed E-state index contributed by atoms with van der Waals surface area (Å²) in [6.45, 7) is 0.645. The Hall–Kier alpha value is -3.92. The molecule has 2 aromatic carbocycles. The molecule has 0 bridgehead atoms. The van der Waals surface area contributed by atoms with Crippen molar-refractivity contribution in [3.63, 3.8) is 0 Å². The van der Waals surface area contributed by atoms with Crippen molar-refractivity contribution in [3.05, 3.63) is 90.4 Å². The number of benzene rings is 2. The molecule has 1 aliphatic rings. The van der Waals surface area contributed by atoms with E-state index < -0.39 is 27.0 Å². The number of nitrogens with zero attached hydrogens (tertiary/aromatic N) is 2. The summed E-state index contributed by atoms with van der Waals surface area (Å²) in [6.07, 6.45) is 1.40. The molecule has 1 N–H and O–H groups in total. The molecule has 1 atom stereocenters. The van der Waals surface area contributed by atoms with Gasteiger partial charge in [0.1, 0.15) is 0 Å². The van der Waals surface area contributed by atoms with E-state index in [9.17, 15) is 22.8 Å². The number of hydrogen-bond acceptors (Lipinski definition) is 6. The summed E-state index contributed by atoms with van der Waals surface area (Å²) in [5, 5.41) is 0.602. The third-order valence-corrected chi connectivity index (χ3v) is 7.38. The highest BCUT2D eigenvalue weighted by atomic mass is 32.2. The molecular formula is C24H23N3O6S. The largest absolute Gasteiger partial charge is 0.459 e. The minimum absolute atomic E-state index is 0.0756. The molecule has 10 heteroatoms. The van der Waals surface area contributed by atoms with Crippen LogP contribution in [0.1, 0.15) is 20.9 Å². The zero-order valence-corrected chi connectivity index (χ0v) is 19.0. The van der Waals surface area contributed by atoms with Gasteiger partial charge in [0.2, 0.25) is 15.2 Å². The van der Waals surface area contributed by atoms with Crippen LogP contribution in [-0.2, 0) is 14.6 Å². The number of carbonyl (C=O) groups excluding carboxylic acids is 3. The zero-order valence-electron chi connectivity index (χ0n) is 18.2. The van der Waals surface area contributed by atoms with E-state index in [1.807, 2.05) is 0 Å². The molecule has 176 valence electrons. The van der Waals surface area contributed by atoms with E-state index in [1.54, 1.807) is 48.5 Å². The van der Waals surface area contributed by atoms with Gasteiger partial charge in [0.15, 0.2) is 5.76 Å². The minimum atomic E-state index is -4.24. The van der Waals surface area contributed by atoms with Crippen LogP contribution in [0.25, 0.3) is 0 Å². The molecule has 3 aromatic rings. The van der Waals surface area contributed by atoms with E-state index in [4.69, 9.17) is 4.42 Å². The van der Waals surface area contributed by atoms with Gasteiger partial charge in [-0.1, -0.05) is 36.4 Å². The number of sulfone groups is 1. The highest BCUT2D eigenvalue weighted by Gasteiger charge is 2.39. The predicted octanol–water partition coefficient (Wildman–Crippen LogP) is 1.79. The third kappa shape index (κ3) is 4.86. The Bertz CT molecular complexity index is 1250. The number of hydrogen-bond donors (Lipinski definition) is 1. The molecule has 4 rings (SSSR count). The fourth-order valence-corrected chi connectivity index (χ4v) is 5.15. The fourth-order valence-electron chi connectivity index (χ4n) is 3.66. The van der Waals surface area contributed by atoms with Crippen molar-refractivity contribution >= 4 is 27.6 Å². The highest BCUT2D eigenvalue weighted by Crippen LogP contribution is 2.18. The van der Waals surface area contributed by atoms with Crippen LogP contribution in [0.5, 0.6) is 0 Å². The van der Waals surface area contributed by atoms with E-state index >= 15 is 0 Å². The maximum Gasteiger partial charge on any atom is 0.289 e. The van der Waals surface area contributed by atoms with Gasteiger partial charge in [-0.25, -0.2) is 8.42 Å². The maximum atomic E-state index is 13.4. The summed E-state index contributed by atoms with van der Waals surface area (Å²) in [4.78, 5) is 41.5. The number of amides is 3. The number of nitrogens with one attached hydrogen (secondary N) is 1. The standard InChI is InChI=1S/C24H23N3O6S/c28-21(18-8-3-1-4-9-18)25-22(34(31,32)19-10-5-2-6-11-19)24(30)27-15-13-26(14-16-27)23(29)20-12-7-17-33-20/h1-12,17,22H,13-16H2,(H,25,28)/t22-/m1/s1. The molecule has 3 amide bonds. The molecule has 1 fully saturated rings. The lowest BCUT2D eigenvalue weighted by Crippen LogP contribution is -2.57. The second-order valence-electron chi connectivity index (χ2n) is 7.67. The van der Waals surface area contributed by atoms with Crippen LogP contribution < -0.4 is 5.32 Å². The fraction of sp³-hybridized carbons (Fsp3) is 0.208. The quantitative estimate of drug-likeness (QED) is 0.574. The first-order chi connectivity index (χ1) is 16.4. The van der Waals surface area contributed by atoms with Gasteiger partial charge in [-0.05, 0) is 36.4 Å². The maximum absolute atomic E-state index is 13.4. The summed E-state index contributed by atoms with van der Waals surface area (Å²) in [5.41, 5.74) is 0.234. The lowest BCUT2D eigenvalue weighted by atomic mass is 10.2. The first-order valence-electron chi connectivity index (χ1n) is 10.6. The average Bonchev–Trinajstić information content (AvgIpc) is 3.42. The van der Waals surface area contributed by atoms with Crippen molar-refractivity contribution in [2.75, 3.05) is 26.2 Å². The zero-order chi connectivity index (χ0) is 24.1. The Morgan fingerprint density at radius 3 is 1.97 bits per heavy atom. The molecule has 1 aromatic heterocycles. The lowest BCUT2D eigenvalue weighted by Gasteiger charge is -2.36. The molecule has 0 saturated carbocycles. The van der Waals surface area contributed by atoms with E-state index in [1.165, 1.54) is 40.3 Å². The number of furan rings is 1. The topological polar surface area (TPSA) is 117 Å². The van der Waals surface area contributed by atoms with Gasteiger partial charge in [-0.2, -0.15) is 0 Å². The molecular weight excluding hydrogens is 458 g/mol. The molecule has 1 aliphatic heterocycles. The Labute approximate surface area is 196 Å². The van der Waals surface area contributed by atoms with Gasteiger partial charge in [-0.3, -0.25) is 14.4 Å². The second kappa shape index (κ2) is 9.92. The first-order valence-corrected chi connectivity index (χ1v) is 12.2. The Morgan fingerprint density at radius 1 is 0.794 bits per heavy atom. The smallest absolute Gasteiger partial charge is 0.289 e. The van der Waals surface area contributed by atoms with Crippen LogP contribution in [0.15, 0.2) is 88.4 Å². The van der Waals surface area contributed by atoms with E-state index in [0.29, 0.717) is 0 Å². The van der Waals surface area contributed by atoms with Crippen LogP contribution in [0.3, 0.4) is 0 Å². The van der Waals surface area contributed by atoms with Crippen LogP contribution in [-0.4, -0.2) is 67.5 Å². The van der Waals surface area contributed by atoms with Gasteiger partial charge >= 0.3 is 0 Å². The Balaban J connectivity index is 1.54. The highest BCUT2D eigenvalue weighted by molar-refractivity contribution is 7.92. The van der Waals surface area contributed by atoms with Crippen LogP contribution in [0, 0.1) is 0 Å². The van der Waals surface area contributed by atoms with Crippen molar-refractivity contribution in [1.29, 1.82) is 0 Å². The normalized spacial score (nSPS) is 14.9. The number of piperazine rings is 1. The van der Waals surface area contributed by atoms with Gasteiger partial charge in [0.25, 0.3) is 17.7 Å². The lowest BCUT2D eigenvalue weighted by molar-refractivity contribution is -0.132. The Morgan fingerprint density at radius 2 is 1.38 bits per heavy atom. The van der Waals surface area contributed by atoms with Crippen LogP contribution in [0.2, 0.25) is 0 Å². The predicted molar refractivity (Wildman–Crippen MR) is 123 cm³/mol. The van der Waals surface area contributed by atoms with E-state index in [2.05, 4.69) is 5.32 Å². The third-order valence-electron chi connectivity index (χ3n) is 5.52. The molecule has 0 unspecified atom stereocenters. The van der Waals surface area contributed by atoms with Gasteiger partial charge < -0.3 is 19.5 Å². The van der Waals surface area contributed by atoms with Crippen LogP contribution in [0.4, 0.5) is 0 Å². The second-order valence-corrected chi connectivity index (χ2v) is 9.71. The van der Waals surface area contributed by atoms with Crippen molar-refractivity contribution in [1.82, 2.24) is 15.1 Å². The van der Waals surface area contributed by atoms with Gasteiger partial charge in [0.05, 0.1) is 11.2 Å². The van der Waals surface area contributed by atoms with Gasteiger partial charge in [-0.15, -0.1) is 0 Å². The van der Waals surface area contributed by atoms with Crippen molar-refractivity contribution in [3.8, 4) is 0 Å². The van der Waals surface area contributed by atoms with E-state index in [0.717, 1.165) is 0 Å². The monoisotopic (exact) mass is 481 g/mol. The molecule has 0 aliphatic carbocycles. The molecule has 2 heterocycles. The van der Waals surface area contributed by atoms with Gasteiger partial charge in [0, 0.05) is 31.7 Å². The van der Waals surface area contributed by atoms with E-state index in [-0.39, 0.29) is 48.3 Å². The Kier molecular flexibility index (Phi) is 6.78. The summed E-state index contributed by atoms with van der Waals surface area (Å²) in [6, 6.07) is 18.8. The molecule has 0 spiro atoms. The average molecular weight is 482 g/mol. The summed E-state index contributed by atoms with van der Waals surface area (Å²) >= 11 is 0. The summed E-state index contributed by atoms with van der Waals surface area (Å²) < 4.78 is 31.9. The van der Waals surface area contributed by atoms with Crippen molar-refractivity contribution in [2.24, 2.45) is 0 Å². The number of rotatable bonds is 6. The SMILES string of the molecule is O=C(N[C@@H](C(=O)N1CCN(C(=O)c2ccco2)CC1)S(=O)(=O)c1ccccc1)c1ccccc1. The molecule has 1 saturated heterocycles. The van der Waals surface area contributed by atoms with Crippen molar-refractivity contribution < 1.29 is 27.2 Å². The summed E-state index contributed by atoms with van der Waals surface area (Å²) in [7, 11) is -4.24. The number of carbonyl (C=O) groups is 3. The summed E-state index contributed by atoms with van der Waals surface area (Å²) in [5.74, 6) is -1.54. The molecule has 9 nitrogen and oxygen atoms in total. The minimum Gasteiger partial charge on any atom is -0.459 e. The first kappa shape index (κ1) is 23.2.